The molecule has 0 aliphatic rings. The van der Waals surface area contributed by atoms with Crippen molar-refractivity contribution in [2.45, 2.75) is 19.5 Å². The van der Waals surface area contributed by atoms with Crippen LogP contribution in [0.1, 0.15) is 24.1 Å². The van der Waals surface area contributed by atoms with Crippen LogP contribution in [-0.2, 0) is 6.54 Å². The van der Waals surface area contributed by atoms with Gasteiger partial charge in [-0.05, 0) is 36.2 Å². The van der Waals surface area contributed by atoms with Crippen molar-refractivity contribution in [2.24, 2.45) is 0 Å². The van der Waals surface area contributed by atoms with E-state index in [1.807, 2.05) is 24.5 Å². The van der Waals surface area contributed by atoms with E-state index in [1.54, 1.807) is 0 Å². The molecule has 1 atom stereocenters. The zero-order valence-electron chi connectivity index (χ0n) is 10.9. The maximum Gasteiger partial charge on any atom is 0.0457 e. The van der Waals surface area contributed by atoms with Gasteiger partial charge in [0.1, 0.15) is 0 Å². The number of hydrogen-bond donors (Lipinski definition) is 2. The van der Waals surface area contributed by atoms with Crippen molar-refractivity contribution < 1.29 is 0 Å². The number of nitrogens with one attached hydrogen (secondary N) is 2. The summed E-state index contributed by atoms with van der Waals surface area (Å²) in [6, 6.07) is 12.8. The van der Waals surface area contributed by atoms with Gasteiger partial charge in [0.05, 0.1) is 0 Å². The highest BCUT2D eigenvalue weighted by atomic mass is 14.9. The molecule has 3 heteroatoms. The smallest absolute Gasteiger partial charge is 0.0457 e. The van der Waals surface area contributed by atoms with Gasteiger partial charge in [-0.25, -0.2) is 0 Å². The van der Waals surface area contributed by atoms with E-state index in [0.717, 1.165) is 6.54 Å². The minimum absolute atomic E-state index is 0.316. The highest BCUT2D eigenvalue weighted by molar-refractivity contribution is 5.82. The van der Waals surface area contributed by atoms with Gasteiger partial charge < -0.3 is 10.3 Å². The fraction of sp³-hybridized carbons (Fsp3) is 0.188. The molecule has 1 aromatic carbocycles. The van der Waals surface area contributed by atoms with Gasteiger partial charge in [0.2, 0.25) is 0 Å². The molecule has 0 amide bonds. The van der Waals surface area contributed by atoms with Crippen LogP contribution in [0.4, 0.5) is 0 Å². The number of nitrogens with zero attached hydrogens (tertiary/aromatic N) is 1. The second-order valence-electron chi connectivity index (χ2n) is 4.74. The number of aromatic amines is 1. The monoisotopic (exact) mass is 251 g/mol. The molecule has 0 unspecified atom stereocenters. The van der Waals surface area contributed by atoms with Crippen LogP contribution < -0.4 is 5.32 Å². The van der Waals surface area contributed by atoms with Crippen LogP contribution in [0.15, 0.2) is 55.0 Å². The predicted octanol–water partition coefficient (Wildman–Crippen LogP) is 3.41. The fourth-order valence-corrected chi connectivity index (χ4v) is 2.31. The molecular formula is C16H17N3. The van der Waals surface area contributed by atoms with Crippen molar-refractivity contribution in [3.8, 4) is 0 Å². The van der Waals surface area contributed by atoms with Gasteiger partial charge in [-0.2, -0.15) is 0 Å². The summed E-state index contributed by atoms with van der Waals surface area (Å²) < 4.78 is 0. The quantitative estimate of drug-likeness (QED) is 0.746. The Morgan fingerprint density at radius 1 is 1.16 bits per heavy atom. The summed E-state index contributed by atoms with van der Waals surface area (Å²) >= 11 is 0. The molecule has 0 fully saturated rings. The van der Waals surface area contributed by atoms with E-state index in [1.165, 1.54) is 22.0 Å². The minimum atomic E-state index is 0.316. The molecule has 3 aromatic rings. The first-order chi connectivity index (χ1) is 9.34. The van der Waals surface area contributed by atoms with Crippen LogP contribution >= 0.6 is 0 Å². The van der Waals surface area contributed by atoms with Crippen LogP contribution in [-0.4, -0.2) is 9.97 Å². The van der Waals surface area contributed by atoms with E-state index in [2.05, 4.69) is 52.7 Å². The number of pyridine rings is 1. The zero-order chi connectivity index (χ0) is 13.1. The van der Waals surface area contributed by atoms with E-state index in [9.17, 15) is 0 Å². The fourth-order valence-electron chi connectivity index (χ4n) is 2.31. The molecule has 0 aliphatic carbocycles. The van der Waals surface area contributed by atoms with Gasteiger partial charge in [0.15, 0.2) is 0 Å². The van der Waals surface area contributed by atoms with E-state index in [0.29, 0.717) is 6.04 Å². The van der Waals surface area contributed by atoms with Gasteiger partial charge in [-0.3, -0.25) is 4.98 Å². The van der Waals surface area contributed by atoms with Crippen LogP contribution in [0.25, 0.3) is 10.9 Å². The maximum absolute atomic E-state index is 4.05. The van der Waals surface area contributed by atoms with Gasteiger partial charge in [-0.15, -0.1) is 0 Å². The maximum atomic E-state index is 4.05. The van der Waals surface area contributed by atoms with Crippen LogP contribution in [0, 0.1) is 0 Å². The molecule has 3 rings (SSSR count). The molecule has 0 bridgehead atoms. The second-order valence-corrected chi connectivity index (χ2v) is 4.74. The number of para-hydroxylation sites is 1. The molecule has 0 spiro atoms. The average Bonchev–Trinajstić information content (AvgIpc) is 2.89. The lowest BCUT2D eigenvalue weighted by molar-refractivity contribution is 0.576. The third kappa shape index (κ3) is 2.51. The SMILES string of the molecule is C[C@@H](NCc1c[nH]c2ccccc12)c1ccncc1. The summed E-state index contributed by atoms with van der Waals surface area (Å²) in [5.41, 5.74) is 3.75. The standard InChI is InChI=1S/C16H17N3/c1-12(13-6-8-17-9-7-13)18-10-14-11-19-16-5-3-2-4-15(14)16/h2-9,11-12,18-19H,10H2,1H3/t12-/m1/s1. The average molecular weight is 251 g/mol. The highest BCUT2D eigenvalue weighted by Gasteiger charge is 2.06. The lowest BCUT2D eigenvalue weighted by atomic mass is 10.1. The van der Waals surface area contributed by atoms with Gasteiger partial charge in [0.25, 0.3) is 0 Å². The Bertz CT molecular complexity index is 658. The molecule has 2 N–H and O–H groups in total. The topological polar surface area (TPSA) is 40.7 Å². The highest BCUT2D eigenvalue weighted by Crippen LogP contribution is 2.19. The largest absolute Gasteiger partial charge is 0.361 e. The number of fused-ring (bicyclic) bond motifs is 1. The van der Waals surface area contributed by atoms with E-state index in [-0.39, 0.29) is 0 Å². The minimum Gasteiger partial charge on any atom is -0.361 e. The Hall–Kier alpha value is -2.13. The molecule has 0 saturated heterocycles. The molecule has 19 heavy (non-hydrogen) atoms. The van der Waals surface area contributed by atoms with Crippen LogP contribution in [0.3, 0.4) is 0 Å². The molecule has 0 radical (unpaired) electrons. The third-order valence-corrected chi connectivity index (χ3v) is 3.48. The normalized spacial score (nSPS) is 12.7. The molecule has 96 valence electrons. The Morgan fingerprint density at radius 3 is 2.79 bits per heavy atom. The number of benzene rings is 1. The first-order valence-corrected chi connectivity index (χ1v) is 6.53. The zero-order valence-corrected chi connectivity index (χ0v) is 10.9. The predicted molar refractivity (Wildman–Crippen MR) is 77.8 cm³/mol. The molecular weight excluding hydrogens is 234 g/mol. The van der Waals surface area contributed by atoms with Crippen molar-refractivity contribution in [3.63, 3.8) is 0 Å². The van der Waals surface area contributed by atoms with Crippen molar-refractivity contribution in [1.82, 2.24) is 15.3 Å². The van der Waals surface area contributed by atoms with E-state index in [4.69, 9.17) is 0 Å². The summed E-state index contributed by atoms with van der Waals surface area (Å²) in [6.45, 7) is 3.03. The van der Waals surface area contributed by atoms with Crippen molar-refractivity contribution >= 4 is 10.9 Å². The lowest BCUT2D eigenvalue weighted by Crippen LogP contribution is -2.17. The van der Waals surface area contributed by atoms with Crippen molar-refractivity contribution in [3.05, 3.63) is 66.1 Å². The van der Waals surface area contributed by atoms with Gasteiger partial charge in [-0.1, -0.05) is 18.2 Å². The second kappa shape index (κ2) is 5.24. The summed E-state index contributed by atoms with van der Waals surface area (Å²) in [6.07, 6.45) is 5.75. The summed E-state index contributed by atoms with van der Waals surface area (Å²) in [5, 5.41) is 4.83. The first-order valence-electron chi connectivity index (χ1n) is 6.53. The van der Waals surface area contributed by atoms with Gasteiger partial charge >= 0.3 is 0 Å². The molecule has 2 aromatic heterocycles. The number of aromatic nitrogens is 2. The van der Waals surface area contributed by atoms with Crippen LogP contribution in [0.5, 0.6) is 0 Å². The summed E-state index contributed by atoms with van der Waals surface area (Å²) in [7, 11) is 0. The third-order valence-electron chi connectivity index (χ3n) is 3.48. The van der Waals surface area contributed by atoms with Crippen molar-refractivity contribution in [2.75, 3.05) is 0 Å². The molecule has 0 aliphatic heterocycles. The Labute approximate surface area is 112 Å². The Kier molecular flexibility index (Phi) is 3.29. The Balaban J connectivity index is 1.73. The summed E-state index contributed by atoms with van der Waals surface area (Å²) in [5.74, 6) is 0. The Morgan fingerprint density at radius 2 is 1.95 bits per heavy atom. The number of hydrogen-bond acceptors (Lipinski definition) is 2. The molecule has 2 heterocycles. The van der Waals surface area contributed by atoms with E-state index >= 15 is 0 Å². The van der Waals surface area contributed by atoms with E-state index < -0.39 is 0 Å². The van der Waals surface area contributed by atoms with Gasteiger partial charge in [0, 0.05) is 42.1 Å². The number of rotatable bonds is 4. The van der Waals surface area contributed by atoms with Crippen LogP contribution in [0.2, 0.25) is 0 Å². The first kappa shape index (κ1) is 11.9. The lowest BCUT2D eigenvalue weighted by Gasteiger charge is -2.13. The number of H-pyrrole nitrogens is 1. The van der Waals surface area contributed by atoms with Crippen molar-refractivity contribution in [1.29, 1.82) is 0 Å². The summed E-state index contributed by atoms with van der Waals surface area (Å²) in [4.78, 5) is 7.35. The molecule has 0 saturated carbocycles. The molecule has 3 nitrogen and oxygen atoms in total.